The fourth-order valence-electron chi connectivity index (χ4n) is 2.50. The van der Waals surface area contributed by atoms with Gasteiger partial charge in [0.05, 0.1) is 5.25 Å². The summed E-state index contributed by atoms with van der Waals surface area (Å²) in [5.41, 5.74) is 1.32. The Balaban J connectivity index is 2.55. The largest absolute Gasteiger partial charge is 0.400 e. The van der Waals surface area contributed by atoms with Crippen LogP contribution in [0.2, 0.25) is 0 Å². The lowest BCUT2D eigenvalue weighted by Crippen LogP contribution is -2.18. The predicted octanol–water partition coefficient (Wildman–Crippen LogP) is 5.51. The van der Waals surface area contributed by atoms with Gasteiger partial charge in [-0.3, -0.25) is 0 Å². The van der Waals surface area contributed by atoms with E-state index < -0.39 is 11.1 Å². The number of hydrogen-bond acceptors (Lipinski definition) is 3. The average molecular weight is 343 g/mol. The summed E-state index contributed by atoms with van der Waals surface area (Å²) < 4.78 is 17.8. The van der Waals surface area contributed by atoms with Crippen LogP contribution in [0.15, 0.2) is 24.3 Å². The molecule has 0 aliphatic rings. The summed E-state index contributed by atoms with van der Waals surface area (Å²) >= 11 is 3.01. The van der Waals surface area contributed by atoms with E-state index in [1.165, 1.54) is 24.8 Å². The second-order valence-corrected chi connectivity index (χ2v) is 7.65. The van der Waals surface area contributed by atoms with Gasteiger partial charge in [-0.1, -0.05) is 45.7 Å². The highest BCUT2D eigenvalue weighted by atomic mass is 32.2. The second kappa shape index (κ2) is 11.1. The van der Waals surface area contributed by atoms with E-state index in [0.29, 0.717) is 11.7 Å². The maximum absolute atomic E-state index is 12.2. The molecule has 0 heterocycles. The van der Waals surface area contributed by atoms with Gasteiger partial charge in [0.25, 0.3) is 0 Å². The zero-order chi connectivity index (χ0) is 16.4. The number of rotatable bonds is 11. The van der Waals surface area contributed by atoms with Crippen LogP contribution in [-0.2, 0) is 11.1 Å². The van der Waals surface area contributed by atoms with Crippen molar-refractivity contribution >= 4 is 23.7 Å². The minimum Gasteiger partial charge on any atom is -0.400 e. The SMILES string of the molecule is CCCC(CC)S(=O)Oc1ccc(C(C)CCCCS)cc1. The Morgan fingerprint density at radius 2 is 1.82 bits per heavy atom. The normalized spacial score (nSPS) is 15.3. The standard InChI is InChI=1S/C18H30O2S2/c1-4-8-18(5-2)22(19)20-17-12-10-16(11-13-17)15(3)9-6-7-14-21/h10-13,15,18,21H,4-9,14H2,1-3H3. The van der Waals surface area contributed by atoms with E-state index in [1.54, 1.807) is 0 Å². The molecule has 4 heteroatoms. The average Bonchev–Trinajstić information content (AvgIpc) is 2.53. The molecule has 0 aromatic heterocycles. The van der Waals surface area contributed by atoms with Crippen LogP contribution in [0.1, 0.15) is 70.8 Å². The molecule has 1 aromatic carbocycles. The molecule has 0 N–H and O–H groups in total. The molecule has 0 fully saturated rings. The first-order valence-electron chi connectivity index (χ1n) is 8.42. The quantitative estimate of drug-likeness (QED) is 0.424. The number of hydrogen-bond donors (Lipinski definition) is 1. The van der Waals surface area contributed by atoms with Crippen LogP contribution < -0.4 is 4.18 Å². The van der Waals surface area contributed by atoms with Crippen molar-refractivity contribution in [3.63, 3.8) is 0 Å². The fourth-order valence-corrected chi connectivity index (χ4v) is 3.86. The molecule has 3 unspecified atom stereocenters. The zero-order valence-electron chi connectivity index (χ0n) is 14.1. The van der Waals surface area contributed by atoms with Crippen LogP contribution >= 0.6 is 12.6 Å². The van der Waals surface area contributed by atoms with Gasteiger partial charge >= 0.3 is 0 Å². The first-order chi connectivity index (χ1) is 10.6. The molecule has 0 spiro atoms. The van der Waals surface area contributed by atoms with Gasteiger partial charge in [-0.25, -0.2) is 4.21 Å². The van der Waals surface area contributed by atoms with Crippen molar-refractivity contribution in [2.24, 2.45) is 0 Å². The summed E-state index contributed by atoms with van der Waals surface area (Å²) in [6, 6.07) is 8.08. The molecule has 1 rings (SSSR count). The molecular formula is C18H30O2S2. The zero-order valence-corrected chi connectivity index (χ0v) is 15.8. The van der Waals surface area contributed by atoms with Crippen LogP contribution in [-0.4, -0.2) is 15.2 Å². The van der Waals surface area contributed by atoms with E-state index in [4.69, 9.17) is 4.18 Å². The Labute approximate surface area is 144 Å². The van der Waals surface area contributed by atoms with Gasteiger partial charge < -0.3 is 4.18 Å². The van der Waals surface area contributed by atoms with E-state index in [1.807, 2.05) is 12.1 Å². The molecule has 126 valence electrons. The Bertz CT molecular complexity index is 431. The number of unbranched alkanes of at least 4 members (excludes halogenated alkanes) is 1. The van der Waals surface area contributed by atoms with Gasteiger partial charge in [0, 0.05) is 0 Å². The monoisotopic (exact) mass is 342 g/mol. The molecule has 0 amide bonds. The Morgan fingerprint density at radius 3 is 2.36 bits per heavy atom. The smallest absolute Gasteiger partial charge is 0.209 e. The van der Waals surface area contributed by atoms with E-state index in [2.05, 4.69) is 45.5 Å². The third-order valence-electron chi connectivity index (χ3n) is 4.01. The topological polar surface area (TPSA) is 26.3 Å². The van der Waals surface area contributed by atoms with Gasteiger partial charge in [0.2, 0.25) is 11.1 Å². The molecule has 3 atom stereocenters. The lowest BCUT2D eigenvalue weighted by Gasteiger charge is -2.15. The minimum absolute atomic E-state index is 0.129. The van der Waals surface area contributed by atoms with Gasteiger partial charge in [0.15, 0.2) is 0 Å². The molecule has 0 radical (unpaired) electrons. The molecule has 1 aromatic rings. The van der Waals surface area contributed by atoms with Crippen molar-refractivity contribution < 1.29 is 8.39 Å². The molecule has 2 nitrogen and oxygen atoms in total. The number of benzene rings is 1. The maximum atomic E-state index is 12.2. The molecular weight excluding hydrogens is 312 g/mol. The minimum atomic E-state index is -1.24. The van der Waals surface area contributed by atoms with Gasteiger partial charge in [0.1, 0.15) is 5.75 Å². The molecule has 22 heavy (non-hydrogen) atoms. The van der Waals surface area contributed by atoms with Crippen molar-refractivity contribution in [2.45, 2.75) is 70.5 Å². The molecule has 0 saturated carbocycles. The third kappa shape index (κ3) is 6.74. The Kier molecular flexibility index (Phi) is 9.89. The van der Waals surface area contributed by atoms with Crippen molar-refractivity contribution in [3.8, 4) is 5.75 Å². The van der Waals surface area contributed by atoms with Crippen LogP contribution in [0.5, 0.6) is 5.75 Å². The van der Waals surface area contributed by atoms with E-state index in [9.17, 15) is 4.21 Å². The molecule has 0 aliphatic heterocycles. The molecule has 0 saturated heterocycles. The van der Waals surface area contributed by atoms with E-state index >= 15 is 0 Å². The predicted molar refractivity (Wildman–Crippen MR) is 100 cm³/mol. The highest BCUT2D eigenvalue weighted by Crippen LogP contribution is 2.24. The highest BCUT2D eigenvalue weighted by molar-refractivity contribution is 7.81. The molecule has 0 aliphatic carbocycles. The number of thiol groups is 1. The summed E-state index contributed by atoms with van der Waals surface area (Å²) in [6.45, 7) is 6.43. The van der Waals surface area contributed by atoms with Crippen molar-refractivity contribution in [1.82, 2.24) is 0 Å². The first kappa shape index (κ1) is 19.6. The summed E-state index contributed by atoms with van der Waals surface area (Å²) in [5, 5.41) is 0.129. The lowest BCUT2D eigenvalue weighted by molar-refractivity contribution is 0.533. The van der Waals surface area contributed by atoms with Crippen LogP contribution in [0.3, 0.4) is 0 Å². The summed E-state index contributed by atoms with van der Waals surface area (Å²) in [5.74, 6) is 2.21. The van der Waals surface area contributed by atoms with Crippen LogP contribution in [0.25, 0.3) is 0 Å². The van der Waals surface area contributed by atoms with E-state index in [0.717, 1.165) is 25.0 Å². The Hall–Kier alpha value is -0.480. The molecule has 0 bridgehead atoms. The summed E-state index contributed by atoms with van der Waals surface area (Å²) in [4.78, 5) is 0. The van der Waals surface area contributed by atoms with Crippen molar-refractivity contribution in [2.75, 3.05) is 5.75 Å². The maximum Gasteiger partial charge on any atom is 0.209 e. The van der Waals surface area contributed by atoms with Crippen molar-refractivity contribution in [3.05, 3.63) is 29.8 Å². The lowest BCUT2D eigenvalue weighted by atomic mass is 9.96. The summed E-state index contributed by atoms with van der Waals surface area (Å²) in [7, 11) is 0. The van der Waals surface area contributed by atoms with Crippen LogP contribution in [0.4, 0.5) is 0 Å². The van der Waals surface area contributed by atoms with Gasteiger partial charge in [-0.15, -0.1) is 0 Å². The van der Waals surface area contributed by atoms with Crippen molar-refractivity contribution in [1.29, 1.82) is 0 Å². The second-order valence-electron chi connectivity index (χ2n) is 5.85. The fraction of sp³-hybridized carbons (Fsp3) is 0.667. The van der Waals surface area contributed by atoms with Gasteiger partial charge in [-0.2, -0.15) is 12.6 Å². The Morgan fingerprint density at radius 1 is 1.14 bits per heavy atom. The van der Waals surface area contributed by atoms with Gasteiger partial charge in [-0.05, 0) is 55.1 Å². The first-order valence-corrected chi connectivity index (χ1v) is 10.2. The summed E-state index contributed by atoms with van der Waals surface area (Å²) in [6.07, 6.45) is 6.44. The third-order valence-corrected chi connectivity index (χ3v) is 5.80. The van der Waals surface area contributed by atoms with E-state index in [-0.39, 0.29) is 5.25 Å². The van der Waals surface area contributed by atoms with Crippen LogP contribution in [0, 0.1) is 0 Å². The highest BCUT2D eigenvalue weighted by Gasteiger charge is 2.16.